The average molecular weight is 244 g/mol. The standard InChI is InChI=1S/C15H20N2O/c1-11-8-12(2)15(13(3)9-11)14(18)10-17(4)7-5-6-16/h8-9H,5,7,10H2,1-4H3. The average Bonchev–Trinajstić information content (AvgIpc) is 2.24. The molecule has 0 aliphatic rings. The van der Waals surface area contributed by atoms with Gasteiger partial charge in [0.15, 0.2) is 5.78 Å². The van der Waals surface area contributed by atoms with E-state index in [0.717, 1.165) is 16.7 Å². The van der Waals surface area contributed by atoms with Crippen LogP contribution < -0.4 is 0 Å². The Hall–Kier alpha value is -1.66. The summed E-state index contributed by atoms with van der Waals surface area (Å²) >= 11 is 0. The highest BCUT2D eigenvalue weighted by atomic mass is 16.1. The van der Waals surface area contributed by atoms with E-state index in [0.29, 0.717) is 19.5 Å². The molecule has 0 heterocycles. The molecule has 96 valence electrons. The Kier molecular flexibility index (Phi) is 5.06. The molecule has 3 nitrogen and oxygen atoms in total. The first-order valence-electron chi connectivity index (χ1n) is 6.12. The summed E-state index contributed by atoms with van der Waals surface area (Å²) in [6.07, 6.45) is 0.454. The van der Waals surface area contributed by atoms with Gasteiger partial charge in [0.2, 0.25) is 0 Å². The van der Waals surface area contributed by atoms with E-state index in [-0.39, 0.29) is 5.78 Å². The van der Waals surface area contributed by atoms with Crippen LogP contribution in [0, 0.1) is 32.1 Å². The molecule has 3 heteroatoms. The maximum absolute atomic E-state index is 12.2. The molecule has 0 N–H and O–H groups in total. The Morgan fingerprint density at radius 1 is 1.28 bits per heavy atom. The number of carbonyl (C=O) groups is 1. The van der Waals surface area contributed by atoms with E-state index in [1.54, 1.807) is 0 Å². The van der Waals surface area contributed by atoms with Crippen molar-refractivity contribution in [2.45, 2.75) is 27.2 Å². The number of Topliss-reactive ketones (excluding diaryl/α,β-unsaturated/α-hetero) is 1. The molecule has 0 aromatic heterocycles. The lowest BCUT2D eigenvalue weighted by atomic mass is 9.96. The lowest BCUT2D eigenvalue weighted by molar-refractivity contribution is 0.0946. The zero-order valence-electron chi connectivity index (χ0n) is 11.6. The monoisotopic (exact) mass is 244 g/mol. The fourth-order valence-corrected chi connectivity index (χ4v) is 2.26. The van der Waals surface area contributed by atoms with Crippen LogP contribution in [0.15, 0.2) is 12.1 Å². The molecule has 0 spiro atoms. The Bertz CT molecular complexity index is 463. The second-order valence-electron chi connectivity index (χ2n) is 4.84. The number of nitriles is 1. The SMILES string of the molecule is Cc1cc(C)c(C(=O)CN(C)CCC#N)c(C)c1. The summed E-state index contributed by atoms with van der Waals surface area (Å²) in [6, 6.07) is 6.16. The third kappa shape index (κ3) is 3.68. The molecule has 0 aliphatic heterocycles. The second kappa shape index (κ2) is 6.32. The van der Waals surface area contributed by atoms with Crippen LogP contribution in [-0.2, 0) is 0 Å². The molecule has 18 heavy (non-hydrogen) atoms. The van der Waals surface area contributed by atoms with Gasteiger partial charge in [-0.3, -0.25) is 9.69 Å². The van der Waals surface area contributed by atoms with E-state index in [4.69, 9.17) is 5.26 Å². The van der Waals surface area contributed by atoms with E-state index < -0.39 is 0 Å². The summed E-state index contributed by atoms with van der Waals surface area (Å²) in [5.74, 6) is 0.130. The van der Waals surface area contributed by atoms with Gasteiger partial charge in [0.1, 0.15) is 0 Å². The van der Waals surface area contributed by atoms with Crippen molar-refractivity contribution in [1.29, 1.82) is 5.26 Å². The molecule has 0 atom stereocenters. The molecule has 0 fully saturated rings. The minimum atomic E-state index is 0.130. The largest absolute Gasteiger partial charge is 0.298 e. The Morgan fingerprint density at radius 3 is 2.33 bits per heavy atom. The van der Waals surface area contributed by atoms with Gasteiger partial charge in [-0.15, -0.1) is 0 Å². The molecular weight excluding hydrogens is 224 g/mol. The van der Waals surface area contributed by atoms with Crippen LogP contribution in [0.25, 0.3) is 0 Å². The van der Waals surface area contributed by atoms with Gasteiger partial charge in [-0.05, 0) is 38.9 Å². The number of rotatable bonds is 5. The molecule has 1 rings (SSSR count). The van der Waals surface area contributed by atoms with Crippen LogP contribution in [0.4, 0.5) is 0 Å². The molecule has 0 radical (unpaired) electrons. The molecule has 1 aromatic carbocycles. The maximum Gasteiger partial charge on any atom is 0.177 e. The maximum atomic E-state index is 12.2. The number of aryl methyl sites for hydroxylation is 3. The predicted molar refractivity (Wildman–Crippen MR) is 72.7 cm³/mol. The first kappa shape index (κ1) is 14.4. The van der Waals surface area contributed by atoms with Crippen molar-refractivity contribution in [2.75, 3.05) is 20.1 Å². The number of benzene rings is 1. The number of likely N-dealkylation sites (N-methyl/N-ethyl adjacent to an activating group) is 1. The van der Waals surface area contributed by atoms with Gasteiger partial charge in [-0.2, -0.15) is 5.26 Å². The van der Waals surface area contributed by atoms with Crippen LogP contribution in [0.1, 0.15) is 33.5 Å². The Morgan fingerprint density at radius 2 is 1.83 bits per heavy atom. The van der Waals surface area contributed by atoms with Gasteiger partial charge in [-0.25, -0.2) is 0 Å². The molecule has 0 unspecified atom stereocenters. The van der Waals surface area contributed by atoms with Crippen molar-refractivity contribution in [2.24, 2.45) is 0 Å². The van der Waals surface area contributed by atoms with Crippen molar-refractivity contribution in [1.82, 2.24) is 4.90 Å². The minimum absolute atomic E-state index is 0.130. The predicted octanol–water partition coefficient (Wildman–Crippen LogP) is 2.64. The van der Waals surface area contributed by atoms with E-state index in [1.807, 2.05) is 44.9 Å². The van der Waals surface area contributed by atoms with Crippen LogP contribution in [-0.4, -0.2) is 30.8 Å². The number of carbonyl (C=O) groups excluding carboxylic acids is 1. The summed E-state index contributed by atoms with van der Waals surface area (Å²) in [7, 11) is 1.87. The lowest BCUT2D eigenvalue weighted by Gasteiger charge is -2.16. The highest BCUT2D eigenvalue weighted by Gasteiger charge is 2.14. The van der Waals surface area contributed by atoms with Gasteiger partial charge in [0, 0.05) is 18.5 Å². The zero-order chi connectivity index (χ0) is 13.7. The molecule has 0 bridgehead atoms. The topological polar surface area (TPSA) is 44.1 Å². The van der Waals surface area contributed by atoms with E-state index in [9.17, 15) is 4.79 Å². The fourth-order valence-electron chi connectivity index (χ4n) is 2.26. The summed E-state index contributed by atoms with van der Waals surface area (Å²) in [4.78, 5) is 14.1. The van der Waals surface area contributed by atoms with Crippen LogP contribution >= 0.6 is 0 Å². The molecule has 0 aliphatic carbocycles. The van der Waals surface area contributed by atoms with E-state index in [1.165, 1.54) is 5.56 Å². The number of hydrogen-bond donors (Lipinski definition) is 0. The van der Waals surface area contributed by atoms with Gasteiger partial charge in [-0.1, -0.05) is 17.7 Å². The highest BCUT2D eigenvalue weighted by Crippen LogP contribution is 2.17. The number of nitrogens with zero attached hydrogens (tertiary/aromatic N) is 2. The molecule has 0 saturated carbocycles. The Labute approximate surface area is 109 Å². The van der Waals surface area contributed by atoms with Crippen molar-refractivity contribution in [3.63, 3.8) is 0 Å². The fraction of sp³-hybridized carbons (Fsp3) is 0.467. The zero-order valence-corrected chi connectivity index (χ0v) is 11.6. The van der Waals surface area contributed by atoms with Gasteiger partial charge in [0.05, 0.1) is 12.6 Å². The van der Waals surface area contributed by atoms with Gasteiger partial charge < -0.3 is 0 Å². The molecular formula is C15H20N2O. The Balaban J connectivity index is 2.82. The van der Waals surface area contributed by atoms with E-state index >= 15 is 0 Å². The van der Waals surface area contributed by atoms with Crippen molar-refractivity contribution in [3.05, 3.63) is 34.4 Å². The molecule has 0 saturated heterocycles. The highest BCUT2D eigenvalue weighted by molar-refractivity contribution is 6.00. The quantitative estimate of drug-likeness (QED) is 0.748. The number of ketones is 1. The lowest BCUT2D eigenvalue weighted by Crippen LogP contribution is -2.27. The van der Waals surface area contributed by atoms with Crippen LogP contribution in [0.3, 0.4) is 0 Å². The van der Waals surface area contributed by atoms with Crippen LogP contribution in [0.5, 0.6) is 0 Å². The third-order valence-electron chi connectivity index (χ3n) is 2.97. The third-order valence-corrected chi connectivity index (χ3v) is 2.97. The normalized spacial score (nSPS) is 10.4. The smallest absolute Gasteiger partial charge is 0.177 e. The minimum Gasteiger partial charge on any atom is -0.298 e. The first-order chi connectivity index (χ1) is 8.45. The second-order valence-corrected chi connectivity index (χ2v) is 4.84. The molecule has 1 aromatic rings. The van der Waals surface area contributed by atoms with Crippen molar-refractivity contribution >= 4 is 5.78 Å². The van der Waals surface area contributed by atoms with Crippen molar-refractivity contribution < 1.29 is 4.79 Å². The first-order valence-corrected chi connectivity index (χ1v) is 6.12. The summed E-state index contributed by atoms with van der Waals surface area (Å²) < 4.78 is 0. The van der Waals surface area contributed by atoms with E-state index in [2.05, 4.69) is 6.07 Å². The summed E-state index contributed by atoms with van der Waals surface area (Å²) in [5.41, 5.74) is 4.07. The van der Waals surface area contributed by atoms with Gasteiger partial charge >= 0.3 is 0 Å². The van der Waals surface area contributed by atoms with Crippen molar-refractivity contribution in [3.8, 4) is 6.07 Å². The molecule has 0 amide bonds. The number of hydrogen-bond acceptors (Lipinski definition) is 3. The summed E-state index contributed by atoms with van der Waals surface area (Å²) in [5, 5.41) is 8.52. The van der Waals surface area contributed by atoms with Crippen LogP contribution in [0.2, 0.25) is 0 Å². The summed E-state index contributed by atoms with van der Waals surface area (Å²) in [6.45, 7) is 6.98. The van der Waals surface area contributed by atoms with Gasteiger partial charge in [0.25, 0.3) is 0 Å².